The van der Waals surface area contributed by atoms with E-state index < -0.39 is 0 Å². The zero-order chi connectivity index (χ0) is 14.9. The van der Waals surface area contributed by atoms with Crippen LogP contribution in [0.4, 0.5) is 0 Å². The van der Waals surface area contributed by atoms with Gasteiger partial charge in [0, 0.05) is 6.42 Å². The van der Waals surface area contributed by atoms with Crippen molar-refractivity contribution in [2.45, 2.75) is 77.0 Å². The fraction of sp³-hybridized carbons (Fsp3) is 0.824. The van der Waals surface area contributed by atoms with Gasteiger partial charge in [0.2, 0.25) is 0 Å². The van der Waals surface area contributed by atoms with Crippen LogP contribution in [0.1, 0.15) is 77.0 Å². The lowest BCUT2D eigenvalue weighted by atomic mass is 10.1. The first kappa shape index (κ1) is 19.2. The minimum absolute atomic E-state index is 0.0844. The van der Waals surface area contributed by atoms with E-state index in [-0.39, 0.29) is 12.6 Å². The summed E-state index contributed by atoms with van der Waals surface area (Å²) in [6.45, 7) is 0.166. The SMILES string of the molecule is COC(=O)CCCCCCCCCCCC/C=C\CO. The van der Waals surface area contributed by atoms with Crippen LogP contribution in [0.15, 0.2) is 12.2 Å². The summed E-state index contributed by atoms with van der Waals surface area (Å²) in [5.41, 5.74) is 0. The summed E-state index contributed by atoms with van der Waals surface area (Å²) in [5.74, 6) is -0.0844. The Labute approximate surface area is 124 Å². The molecule has 20 heavy (non-hydrogen) atoms. The number of hydrogen-bond donors (Lipinski definition) is 1. The third-order valence-corrected chi connectivity index (χ3v) is 3.50. The minimum atomic E-state index is -0.0844. The predicted octanol–water partition coefficient (Wildman–Crippen LogP) is 4.39. The average Bonchev–Trinajstić information content (AvgIpc) is 2.47. The topological polar surface area (TPSA) is 46.5 Å². The van der Waals surface area contributed by atoms with Crippen molar-refractivity contribution < 1.29 is 14.6 Å². The monoisotopic (exact) mass is 284 g/mol. The van der Waals surface area contributed by atoms with Crippen molar-refractivity contribution in [2.75, 3.05) is 13.7 Å². The number of carbonyl (C=O) groups is 1. The van der Waals surface area contributed by atoms with Crippen LogP contribution in [0.5, 0.6) is 0 Å². The molecule has 0 aliphatic carbocycles. The molecule has 0 aromatic heterocycles. The van der Waals surface area contributed by atoms with Gasteiger partial charge >= 0.3 is 5.97 Å². The number of unbranched alkanes of at least 4 members (excludes halogenated alkanes) is 10. The first-order valence-electron chi connectivity index (χ1n) is 8.14. The molecule has 118 valence electrons. The van der Waals surface area contributed by atoms with Crippen molar-refractivity contribution in [3.8, 4) is 0 Å². The summed E-state index contributed by atoms with van der Waals surface area (Å²) in [7, 11) is 1.45. The molecule has 0 fully saturated rings. The van der Waals surface area contributed by atoms with Gasteiger partial charge in [0.25, 0.3) is 0 Å². The molecule has 0 heterocycles. The number of methoxy groups -OCH3 is 1. The summed E-state index contributed by atoms with van der Waals surface area (Å²) in [5, 5.41) is 8.57. The highest BCUT2D eigenvalue weighted by atomic mass is 16.5. The van der Waals surface area contributed by atoms with Gasteiger partial charge in [-0.25, -0.2) is 0 Å². The quantitative estimate of drug-likeness (QED) is 0.292. The van der Waals surface area contributed by atoms with Crippen LogP contribution in [0.3, 0.4) is 0 Å². The molecule has 3 nitrogen and oxygen atoms in total. The van der Waals surface area contributed by atoms with Gasteiger partial charge in [-0.15, -0.1) is 0 Å². The Morgan fingerprint density at radius 1 is 0.850 bits per heavy atom. The molecular weight excluding hydrogens is 252 g/mol. The second-order valence-electron chi connectivity index (χ2n) is 5.30. The highest BCUT2D eigenvalue weighted by Crippen LogP contribution is 2.12. The van der Waals surface area contributed by atoms with E-state index in [1.54, 1.807) is 0 Å². The zero-order valence-electron chi connectivity index (χ0n) is 13.1. The lowest BCUT2D eigenvalue weighted by molar-refractivity contribution is -0.140. The summed E-state index contributed by atoms with van der Waals surface area (Å²) in [6, 6.07) is 0. The standard InChI is InChI=1S/C17H32O3/c1-20-17(19)15-13-11-9-7-5-3-2-4-6-8-10-12-14-16-18/h12,14,18H,2-11,13,15-16H2,1H3/b14-12-. The number of hydrogen-bond acceptors (Lipinski definition) is 3. The van der Waals surface area contributed by atoms with Gasteiger partial charge in [0.15, 0.2) is 0 Å². The van der Waals surface area contributed by atoms with E-state index in [0.29, 0.717) is 6.42 Å². The van der Waals surface area contributed by atoms with Crippen LogP contribution < -0.4 is 0 Å². The van der Waals surface area contributed by atoms with E-state index in [4.69, 9.17) is 5.11 Å². The molecule has 0 rings (SSSR count). The molecule has 0 saturated carbocycles. The van der Waals surface area contributed by atoms with E-state index in [1.807, 2.05) is 6.08 Å². The summed E-state index contributed by atoms with van der Waals surface area (Å²) < 4.78 is 4.61. The molecule has 0 radical (unpaired) electrons. The summed E-state index contributed by atoms with van der Waals surface area (Å²) in [6.07, 6.45) is 18.1. The molecule has 0 bridgehead atoms. The highest BCUT2D eigenvalue weighted by molar-refractivity contribution is 5.68. The number of rotatable bonds is 14. The number of ether oxygens (including phenoxy) is 1. The molecule has 0 aliphatic rings. The second-order valence-corrected chi connectivity index (χ2v) is 5.30. The van der Waals surface area contributed by atoms with Crippen molar-refractivity contribution in [3.63, 3.8) is 0 Å². The Morgan fingerprint density at radius 2 is 1.35 bits per heavy atom. The second kappa shape index (κ2) is 16.2. The van der Waals surface area contributed by atoms with E-state index in [0.717, 1.165) is 19.3 Å². The minimum Gasteiger partial charge on any atom is -0.469 e. The maximum Gasteiger partial charge on any atom is 0.305 e. The molecule has 0 spiro atoms. The number of allylic oxidation sites excluding steroid dienone is 1. The van der Waals surface area contributed by atoms with E-state index in [1.165, 1.54) is 58.5 Å². The van der Waals surface area contributed by atoms with E-state index in [2.05, 4.69) is 10.8 Å². The van der Waals surface area contributed by atoms with Crippen LogP contribution in [0.25, 0.3) is 0 Å². The normalized spacial score (nSPS) is 11.1. The Balaban J connectivity index is 3.02. The highest BCUT2D eigenvalue weighted by Gasteiger charge is 1.99. The van der Waals surface area contributed by atoms with Crippen molar-refractivity contribution in [2.24, 2.45) is 0 Å². The Kier molecular flexibility index (Phi) is 15.6. The van der Waals surface area contributed by atoms with Crippen LogP contribution in [-0.2, 0) is 9.53 Å². The third-order valence-electron chi connectivity index (χ3n) is 3.50. The molecule has 0 aromatic carbocycles. The molecule has 0 amide bonds. The number of esters is 1. The Hall–Kier alpha value is -0.830. The van der Waals surface area contributed by atoms with Gasteiger partial charge in [-0.1, -0.05) is 63.5 Å². The number of aliphatic hydroxyl groups is 1. The lowest BCUT2D eigenvalue weighted by Gasteiger charge is -2.02. The lowest BCUT2D eigenvalue weighted by Crippen LogP contribution is -1.99. The fourth-order valence-corrected chi connectivity index (χ4v) is 2.24. The summed E-state index contributed by atoms with van der Waals surface area (Å²) >= 11 is 0. The number of aliphatic hydroxyl groups excluding tert-OH is 1. The van der Waals surface area contributed by atoms with Gasteiger partial charge in [0.1, 0.15) is 0 Å². The van der Waals surface area contributed by atoms with Crippen LogP contribution in [-0.4, -0.2) is 24.8 Å². The van der Waals surface area contributed by atoms with Crippen LogP contribution in [0.2, 0.25) is 0 Å². The average molecular weight is 284 g/mol. The van der Waals surface area contributed by atoms with E-state index >= 15 is 0 Å². The van der Waals surface area contributed by atoms with Crippen LogP contribution in [0, 0.1) is 0 Å². The van der Waals surface area contributed by atoms with Gasteiger partial charge in [-0.3, -0.25) is 4.79 Å². The molecule has 1 N–H and O–H groups in total. The first-order valence-corrected chi connectivity index (χ1v) is 8.14. The molecule has 0 aliphatic heterocycles. The predicted molar refractivity (Wildman–Crippen MR) is 83.6 cm³/mol. The van der Waals surface area contributed by atoms with Crippen molar-refractivity contribution in [1.82, 2.24) is 0 Å². The third kappa shape index (κ3) is 15.2. The van der Waals surface area contributed by atoms with E-state index in [9.17, 15) is 4.79 Å². The Bertz CT molecular complexity index is 236. The van der Waals surface area contributed by atoms with Crippen molar-refractivity contribution >= 4 is 5.97 Å². The van der Waals surface area contributed by atoms with Gasteiger partial charge in [0.05, 0.1) is 13.7 Å². The van der Waals surface area contributed by atoms with Crippen LogP contribution >= 0.6 is 0 Å². The molecule has 3 heteroatoms. The molecule has 0 atom stereocenters. The van der Waals surface area contributed by atoms with Gasteiger partial charge < -0.3 is 9.84 Å². The Morgan fingerprint density at radius 3 is 1.85 bits per heavy atom. The molecule has 0 saturated heterocycles. The van der Waals surface area contributed by atoms with Gasteiger partial charge in [-0.2, -0.15) is 0 Å². The van der Waals surface area contributed by atoms with Crippen molar-refractivity contribution in [3.05, 3.63) is 12.2 Å². The maximum atomic E-state index is 10.9. The smallest absolute Gasteiger partial charge is 0.305 e. The number of carbonyl (C=O) groups excluding carboxylic acids is 1. The van der Waals surface area contributed by atoms with Gasteiger partial charge in [-0.05, 0) is 19.3 Å². The summed E-state index contributed by atoms with van der Waals surface area (Å²) in [4.78, 5) is 10.9. The molecule has 0 aromatic rings. The van der Waals surface area contributed by atoms with Crippen molar-refractivity contribution in [1.29, 1.82) is 0 Å². The maximum absolute atomic E-state index is 10.9. The fourth-order valence-electron chi connectivity index (χ4n) is 2.24. The molecular formula is C17H32O3. The first-order chi connectivity index (χ1) is 9.81. The largest absolute Gasteiger partial charge is 0.469 e. The molecule has 0 unspecified atom stereocenters. The zero-order valence-corrected chi connectivity index (χ0v) is 13.1.